The number of rotatable bonds is 8. The molecule has 1 saturated heterocycles. The van der Waals surface area contributed by atoms with Crippen LogP contribution in [0.25, 0.3) is 28.1 Å². The molecule has 3 N–H and O–H groups in total. The van der Waals surface area contributed by atoms with E-state index in [0.717, 1.165) is 11.6 Å². The summed E-state index contributed by atoms with van der Waals surface area (Å²) in [5, 5.41) is 13.5. The number of furan rings is 1. The summed E-state index contributed by atoms with van der Waals surface area (Å²) in [6, 6.07) is 7.42. The number of fused-ring (bicyclic) bond motifs is 3. The Balaban J connectivity index is 1.13. The Hall–Kier alpha value is -4.72. The highest BCUT2D eigenvalue weighted by molar-refractivity contribution is 5.90. The third kappa shape index (κ3) is 4.66. The number of imidazole rings is 1. The predicted octanol–water partition coefficient (Wildman–Crippen LogP) is 2.87. The summed E-state index contributed by atoms with van der Waals surface area (Å²) in [6.07, 6.45) is 2.04. The van der Waals surface area contributed by atoms with Crippen molar-refractivity contribution in [3.63, 3.8) is 0 Å². The molecule has 1 fully saturated rings. The minimum absolute atomic E-state index is 0.174. The molecule has 12 nitrogen and oxygen atoms in total. The van der Waals surface area contributed by atoms with Crippen molar-refractivity contribution in [1.29, 1.82) is 0 Å². The number of nitrogens with zero attached hydrogens (tertiary/aromatic N) is 7. The highest BCUT2D eigenvalue weighted by atomic mass is 19.1. The fourth-order valence-electron chi connectivity index (χ4n) is 4.82. The number of nitrogens with two attached hydrogens (primary N) is 1. The molecule has 14 heteroatoms. The van der Waals surface area contributed by atoms with E-state index in [4.69, 9.17) is 20.0 Å². The van der Waals surface area contributed by atoms with Crippen LogP contribution in [-0.2, 0) is 11.3 Å². The fourth-order valence-corrected chi connectivity index (χ4v) is 4.82. The van der Waals surface area contributed by atoms with E-state index < -0.39 is 23.7 Å². The molecule has 0 amide bonds. The van der Waals surface area contributed by atoms with Crippen molar-refractivity contribution >= 4 is 34.3 Å². The Kier molecular flexibility index (Phi) is 6.46. The number of benzene rings is 1. The lowest BCUT2D eigenvalue weighted by atomic mass is 10.2. The van der Waals surface area contributed by atoms with Crippen LogP contribution in [0.15, 0.2) is 47.3 Å². The van der Waals surface area contributed by atoms with E-state index >= 15 is 0 Å². The SMILES string of the molecule is CC(Oc1cc(N2CCN(CCn3cnc4c3nc(N)n3nc(-c5ccco5)cc43)CC2)c(F)cc1F)C(=O)O. The Bertz CT molecular complexity index is 1690. The first-order valence-corrected chi connectivity index (χ1v) is 12.7. The van der Waals surface area contributed by atoms with E-state index in [1.165, 1.54) is 13.0 Å². The third-order valence-electron chi connectivity index (χ3n) is 7.00. The van der Waals surface area contributed by atoms with Gasteiger partial charge in [0.2, 0.25) is 5.95 Å². The van der Waals surface area contributed by atoms with Gasteiger partial charge in [0.25, 0.3) is 0 Å². The molecule has 0 saturated carbocycles. The monoisotopic (exact) mass is 552 g/mol. The van der Waals surface area contributed by atoms with Gasteiger partial charge in [-0.25, -0.2) is 18.6 Å². The van der Waals surface area contributed by atoms with Crippen molar-refractivity contribution in [2.45, 2.75) is 19.6 Å². The van der Waals surface area contributed by atoms with Gasteiger partial charge < -0.3 is 29.5 Å². The number of halogens is 2. The van der Waals surface area contributed by atoms with Gasteiger partial charge in [0.1, 0.15) is 22.5 Å². The minimum Gasteiger partial charge on any atom is -0.479 e. The summed E-state index contributed by atoms with van der Waals surface area (Å²) >= 11 is 0. The van der Waals surface area contributed by atoms with Crippen LogP contribution in [0.4, 0.5) is 20.4 Å². The van der Waals surface area contributed by atoms with Crippen LogP contribution in [-0.4, -0.2) is 79.0 Å². The number of anilines is 2. The van der Waals surface area contributed by atoms with E-state index in [1.807, 2.05) is 16.7 Å². The van der Waals surface area contributed by atoms with E-state index in [2.05, 4.69) is 20.0 Å². The van der Waals surface area contributed by atoms with Crippen molar-refractivity contribution in [2.24, 2.45) is 0 Å². The molecule has 0 bridgehead atoms. The van der Waals surface area contributed by atoms with Gasteiger partial charge in [-0.2, -0.15) is 14.6 Å². The predicted molar refractivity (Wildman–Crippen MR) is 141 cm³/mol. The lowest BCUT2D eigenvalue weighted by Crippen LogP contribution is -2.47. The Morgan fingerprint density at radius 2 is 1.98 bits per heavy atom. The molecule has 208 valence electrons. The Morgan fingerprint density at radius 3 is 2.70 bits per heavy atom. The first-order chi connectivity index (χ1) is 19.3. The summed E-state index contributed by atoms with van der Waals surface area (Å²) in [4.78, 5) is 24.2. The molecular weight excluding hydrogens is 526 g/mol. The number of carbonyl (C=O) groups is 1. The summed E-state index contributed by atoms with van der Waals surface area (Å²) in [7, 11) is 0. The number of piperazine rings is 1. The highest BCUT2D eigenvalue weighted by Gasteiger charge is 2.24. The molecule has 40 heavy (non-hydrogen) atoms. The standard InChI is InChI=1S/C26H26F2N8O4/c1-15(25(37)38)40-22-13-19(16(27)11-17(22)28)34-7-4-33(5-8-34)6-9-35-14-30-23-20-12-18(21-3-2-10-39-21)32-36(20)26(29)31-24(23)35/h2-3,10-15H,4-9H2,1H3,(H2,29,31)(H,37,38). The van der Waals surface area contributed by atoms with Crippen molar-refractivity contribution < 1.29 is 27.8 Å². The van der Waals surface area contributed by atoms with Gasteiger partial charge in [-0.1, -0.05) is 0 Å². The first kappa shape index (κ1) is 25.6. The van der Waals surface area contributed by atoms with E-state index in [9.17, 15) is 13.6 Å². The molecule has 5 aromatic rings. The van der Waals surface area contributed by atoms with Gasteiger partial charge in [0.15, 0.2) is 29.1 Å². The molecular formula is C26H26F2N8O4. The van der Waals surface area contributed by atoms with Crippen LogP contribution in [0.2, 0.25) is 0 Å². The average molecular weight is 553 g/mol. The number of aliphatic carboxylic acids is 1. The largest absolute Gasteiger partial charge is 0.479 e. The summed E-state index contributed by atoms with van der Waals surface area (Å²) < 4.78 is 42.9. The average Bonchev–Trinajstić information content (AvgIpc) is 3.69. The second-order valence-electron chi connectivity index (χ2n) is 9.55. The molecule has 1 aliphatic rings. The molecule has 6 rings (SSSR count). The molecule has 1 aromatic carbocycles. The number of ether oxygens (including phenoxy) is 1. The maximum atomic E-state index is 14.6. The molecule has 5 heterocycles. The number of hydrogen-bond donors (Lipinski definition) is 2. The van der Waals surface area contributed by atoms with E-state index in [-0.39, 0.29) is 17.4 Å². The normalized spacial score (nSPS) is 15.2. The first-order valence-electron chi connectivity index (χ1n) is 12.7. The second-order valence-corrected chi connectivity index (χ2v) is 9.55. The van der Waals surface area contributed by atoms with Crippen molar-refractivity contribution in [2.75, 3.05) is 43.4 Å². The third-order valence-corrected chi connectivity index (χ3v) is 7.00. The van der Waals surface area contributed by atoms with Crippen LogP contribution in [0.1, 0.15) is 6.92 Å². The minimum atomic E-state index is -1.27. The fraction of sp³-hybridized carbons (Fsp3) is 0.308. The van der Waals surface area contributed by atoms with Gasteiger partial charge in [0.05, 0.1) is 18.3 Å². The molecule has 1 atom stereocenters. The van der Waals surface area contributed by atoms with Gasteiger partial charge in [0, 0.05) is 51.4 Å². The van der Waals surface area contributed by atoms with E-state index in [0.29, 0.717) is 61.9 Å². The number of hydrogen-bond acceptors (Lipinski definition) is 9. The van der Waals surface area contributed by atoms with Gasteiger partial charge in [-0.15, -0.1) is 0 Å². The Labute approximate surface area is 226 Å². The lowest BCUT2D eigenvalue weighted by Gasteiger charge is -2.36. The molecule has 0 radical (unpaired) electrons. The lowest BCUT2D eigenvalue weighted by molar-refractivity contribution is -0.144. The zero-order valence-electron chi connectivity index (χ0n) is 21.5. The van der Waals surface area contributed by atoms with Crippen LogP contribution in [0.5, 0.6) is 5.75 Å². The summed E-state index contributed by atoms with van der Waals surface area (Å²) in [5.41, 5.74) is 9.06. The molecule has 1 unspecified atom stereocenters. The molecule has 4 aromatic heterocycles. The number of carboxylic acid groups (broad SMARTS) is 1. The van der Waals surface area contributed by atoms with E-state index in [1.54, 1.807) is 28.1 Å². The quantitative estimate of drug-likeness (QED) is 0.295. The Morgan fingerprint density at radius 1 is 1.18 bits per heavy atom. The maximum Gasteiger partial charge on any atom is 0.344 e. The van der Waals surface area contributed by atoms with Crippen LogP contribution in [0, 0.1) is 11.6 Å². The van der Waals surface area contributed by atoms with Crippen molar-refractivity contribution in [3.8, 4) is 17.2 Å². The molecule has 0 aliphatic carbocycles. The topological polar surface area (TPSA) is 140 Å². The van der Waals surface area contributed by atoms with Gasteiger partial charge in [-0.05, 0) is 25.1 Å². The van der Waals surface area contributed by atoms with Crippen LogP contribution < -0.4 is 15.4 Å². The number of nitrogen functional groups attached to an aromatic ring is 1. The zero-order chi connectivity index (χ0) is 28.0. The zero-order valence-corrected chi connectivity index (χ0v) is 21.5. The summed E-state index contributed by atoms with van der Waals surface area (Å²) in [5.74, 6) is -2.35. The summed E-state index contributed by atoms with van der Waals surface area (Å²) in [6.45, 7) is 4.86. The second kappa shape index (κ2) is 10.1. The van der Waals surface area contributed by atoms with Gasteiger partial charge >= 0.3 is 5.97 Å². The van der Waals surface area contributed by atoms with Crippen molar-refractivity contribution in [1.82, 2.24) is 29.0 Å². The van der Waals surface area contributed by atoms with Crippen molar-refractivity contribution in [3.05, 3.63) is 54.6 Å². The molecule has 0 spiro atoms. The maximum absolute atomic E-state index is 14.6. The number of carboxylic acids is 1. The smallest absolute Gasteiger partial charge is 0.344 e. The molecule has 1 aliphatic heterocycles. The van der Waals surface area contributed by atoms with Crippen LogP contribution >= 0.6 is 0 Å². The number of aromatic nitrogens is 5. The van der Waals surface area contributed by atoms with Crippen LogP contribution in [0.3, 0.4) is 0 Å². The highest BCUT2D eigenvalue weighted by Crippen LogP contribution is 2.30. The van der Waals surface area contributed by atoms with Gasteiger partial charge in [-0.3, -0.25) is 4.90 Å².